The second-order valence-electron chi connectivity index (χ2n) is 13.0. The van der Waals surface area contributed by atoms with E-state index >= 15 is 0 Å². The summed E-state index contributed by atoms with van der Waals surface area (Å²) in [5.74, 6) is 1.22. The van der Waals surface area contributed by atoms with E-state index in [-0.39, 0.29) is 25.2 Å². The van der Waals surface area contributed by atoms with E-state index in [2.05, 4.69) is 65.4 Å². The lowest BCUT2D eigenvalue weighted by molar-refractivity contribution is 0.0767. The van der Waals surface area contributed by atoms with E-state index in [9.17, 15) is 10.1 Å². The maximum atomic E-state index is 13.2. The standard InChI is InChI=1S/C38H42N6O3/c1-42-20-8-13-31(42)26-46-37-40-35-23-29(33-15-7-12-28-11-5-6-14-32(28)33)16-17-34(35)36(41-37)43-21-22-44(30(24-43)18-19-39)38(45)47-25-27-9-3-2-4-10-27/h2-7,9-12,14-15,29-31H,8,13,16-18,20-26H2,1H3. The summed E-state index contributed by atoms with van der Waals surface area (Å²) in [6.45, 7) is 3.36. The van der Waals surface area contributed by atoms with Crippen molar-refractivity contribution in [3.8, 4) is 12.1 Å². The second-order valence-corrected chi connectivity index (χ2v) is 13.0. The summed E-state index contributed by atoms with van der Waals surface area (Å²) in [6, 6.07) is 27.6. The van der Waals surface area contributed by atoms with E-state index in [0.717, 1.165) is 54.9 Å². The number of likely N-dealkylation sites (tertiary alicyclic amines) is 1. The van der Waals surface area contributed by atoms with Crippen LogP contribution in [-0.2, 0) is 24.2 Å². The SMILES string of the molecule is CN1CCCC1COc1nc2c(c(N3CCN(C(=O)OCc4ccccc4)C(CC#N)C3)n1)CCC(c1cccc3ccccc13)C2. The molecule has 0 saturated carbocycles. The van der Waals surface area contributed by atoms with Crippen molar-refractivity contribution in [3.63, 3.8) is 0 Å². The highest BCUT2D eigenvalue weighted by Gasteiger charge is 2.35. The number of hydrogen-bond acceptors (Lipinski definition) is 8. The van der Waals surface area contributed by atoms with Gasteiger partial charge in [0.15, 0.2) is 0 Å². The van der Waals surface area contributed by atoms with Crippen LogP contribution in [0.5, 0.6) is 6.01 Å². The Balaban J connectivity index is 1.15. The van der Waals surface area contributed by atoms with Crippen molar-refractivity contribution in [1.29, 1.82) is 5.26 Å². The molecular formula is C38H42N6O3. The van der Waals surface area contributed by atoms with Gasteiger partial charge >= 0.3 is 12.1 Å². The van der Waals surface area contributed by atoms with Crippen molar-refractivity contribution in [1.82, 2.24) is 19.8 Å². The average Bonchev–Trinajstić information content (AvgIpc) is 3.53. The number of carbonyl (C=O) groups excluding carboxylic acids is 1. The Morgan fingerprint density at radius 1 is 0.957 bits per heavy atom. The molecule has 2 fully saturated rings. The summed E-state index contributed by atoms with van der Waals surface area (Å²) in [5, 5.41) is 12.3. The molecule has 2 saturated heterocycles. The summed E-state index contributed by atoms with van der Waals surface area (Å²) < 4.78 is 12.0. The topological polar surface area (TPSA) is 94.8 Å². The minimum atomic E-state index is -0.388. The van der Waals surface area contributed by atoms with Gasteiger partial charge in [-0.3, -0.25) is 0 Å². The number of hydrogen-bond donors (Lipinski definition) is 0. The van der Waals surface area contributed by atoms with Crippen LogP contribution in [0.1, 0.15) is 54.0 Å². The quantitative estimate of drug-likeness (QED) is 0.230. The molecule has 3 heterocycles. The Bertz CT molecular complexity index is 1750. The summed E-state index contributed by atoms with van der Waals surface area (Å²) >= 11 is 0. The first-order valence-corrected chi connectivity index (χ1v) is 16.9. The largest absolute Gasteiger partial charge is 0.462 e. The molecule has 0 N–H and O–H groups in total. The minimum Gasteiger partial charge on any atom is -0.462 e. The Morgan fingerprint density at radius 2 is 1.79 bits per heavy atom. The predicted molar refractivity (Wildman–Crippen MR) is 181 cm³/mol. The van der Waals surface area contributed by atoms with Crippen LogP contribution in [-0.4, -0.2) is 77.8 Å². The van der Waals surface area contributed by atoms with Gasteiger partial charge < -0.3 is 24.2 Å². The van der Waals surface area contributed by atoms with Gasteiger partial charge in [0.05, 0.1) is 24.2 Å². The van der Waals surface area contributed by atoms with Crippen molar-refractivity contribution >= 4 is 22.7 Å². The first-order chi connectivity index (χ1) is 23.1. The van der Waals surface area contributed by atoms with Crippen LogP contribution in [0, 0.1) is 11.3 Å². The molecule has 0 bridgehead atoms. The van der Waals surface area contributed by atoms with Gasteiger partial charge in [-0.05, 0) is 73.5 Å². The molecule has 4 aromatic rings. The number of aromatic nitrogens is 2. The highest BCUT2D eigenvalue weighted by Crippen LogP contribution is 2.39. The van der Waals surface area contributed by atoms with Crippen LogP contribution in [0.25, 0.3) is 10.8 Å². The smallest absolute Gasteiger partial charge is 0.410 e. The van der Waals surface area contributed by atoms with E-state index in [1.54, 1.807) is 4.90 Å². The van der Waals surface area contributed by atoms with Gasteiger partial charge in [0.1, 0.15) is 19.0 Å². The number of amides is 1. The van der Waals surface area contributed by atoms with Crippen molar-refractivity contribution in [2.24, 2.45) is 0 Å². The summed E-state index contributed by atoms with van der Waals surface area (Å²) in [4.78, 5) is 29.6. The number of likely N-dealkylation sites (N-methyl/N-ethyl adjacent to an activating group) is 1. The fourth-order valence-electron chi connectivity index (χ4n) is 7.50. The average molecular weight is 631 g/mol. The van der Waals surface area contributed by atoms with Crippen LogP contribution in [0.2, 0.25) is 0 Å². The van der Waals surface area contributed by atoms with Crippen molar-refractivity contribution in [2.45, 2.75) is 63.1 Å². The van der Waals surface area contributed by atoms with Gasteiger partial charge in [0, 0.05) is 31.2 Å². The Morgan fingerprint density at radius 3 is 2.62 bits per heavy atom. The molecule has 3 aromatic carbocycles. The Kier molecular flexibility index (Phi) is 9.20. The molecule has 47 heavy (non-hydrogen) atoms. The van der Waals surface area contributed by atoms with Crippen LogP contribution in [0.4, 0.5) is 10.6 Å². The molecule has 0 radical (unpaired) electrons. The van der Waals surface area contributed by atoms with Crippen LogP contribution in [0.3, 0.4) is 0 Å². The highest BCUT2D eigenvalue weighted by atomic mass is 16.6. The van der Waals surface area contributed by atoms with Gasteiger partial charge in [-0.1, -0.05) is 72.8 Å². The minimum absolute atomic E-state index is 0.202. The number of nitriles is 1. The normalized spacial score (nSPS) is 21.3. The summed E-state index contributed by atoms with van der Waals surface area (Å²) in [6.07, 6.45) is 4.77. The third kappa shape index (κ3) is 6.75. The van der Waals surface area contributed by atoms with Crippen LogP contribution >= 0.6 is 0 Å². The number of ether oxygens (including phenoxy) is 2. The molecular weight excluding hydrogens is 588 g/mol. The fraction of sp³-hybridized carbons (Fsp3) is 0.421. The number of anilines is 1. The number of nitrogens with zero attached hydrogens (tertiary/aromatic N) is 6. The van der Waals surface area contributed by atoms with Crippen molar-refractivity contribution < 1.29 is 14.3 Å². The molecule has 7 rings (SSSR count). The monoisotopic (exact) mass is 630 g/mol. The third-order valence-electron chi connectivity index (χ3n) is 10.1. The lowest BCUT2D eigenvalue weighted by Crippen LogP contribution is -2.55. The molecule has 0 spiro atoms. The van der Waals surface area contributed by atoms with E-state index in [1.165, 1.54) is 22.8 Å². The van der Waals surface area contributed by atoms with Crippen LogP contribution < -0.4 is 9.64 Å². The maximum absolute atomic E-state index is 13.2. The van der Waals surface area contributed by atoms with Crippen molar-refractivity contribution in [3.05, 3.63) is 95.2 Å². The number of benzene rings is 3. The molecule has 1 aromatic heterocycles. The Labute approximate surface area is 276 Å². The zero-order valence-electron chi connectivity index (χ0n) is 27.1. The fourth-order valence-corrected chi connectivity index (χ4v) is 7.50. The zero-order valence-corrected chi connectivity index (χ0v) is 27.1. The Hall–Kier alpha value is -4.68. The summed E-state index contributed by atoms with van der Waals surface area (Å²) in [5.41, 5.74) is 4.49. The molecule has 242 valence electrons. The number of fused-ring (bicyclic) bond motifs is 2. The molecule has 1 amide bonds. The van der Waals surface area contributed by atoms with Gasteiger partial charge in [-0.15, -0.1) is 0 Å². The number of carbonyl (C=O) groups is 1. The van der Waals surface area contributed by atoms with Gasteiger partial charge in [0.2, 0.25) is 0 Å². The molecule has 3 unspecified atom stereocenters. The first-order valence-electron chi connectivity index (χ1n) is 16.9. The number of rotatable bonds is 8. The van der Waals surface area contributed by atoms with E-state index in [4.69, 9.17) is 19.4 Å². The third-order valence-corrected chi connectivity index (χ3v) is 10.1. The van der Waals surface area contributed by atoms with E-state index in [0.29, 0.717) is 44.2 Å². The zero-order chi connectivity index (χ0) is 32.2. The highest BCUT2D eigenvalue weighted by molar-refractivity contribution is 5.86. The maximum Gasteiger partial charge on any atom is 0.410 e. The van der Waals surface area contributed by atoms with E-state index < -0.39 is 0 Å². The summed E-state index contributed by atoms with van der Waals surface area (Å²) in [7, 11) is 2.15. The first kappa shape index (κ1) is 30.9. The molecule has 9 heteroatoms. The van der Waals surface area contributed by atoms with Gasteiger partial charge in [-0.2, -0.15) is 15.2 Å². The molecule has 2 aliphatic heterocycles. The number of piperazine rings is 1. The molecule has 9 nitrogen and oxygen atoms in total. The van der Waals surface area contributed by atoms with Crippen molar-refractivity contribution in [2.75, 3.05) is 44.7 Å². The second kappa shape index (κ2) is 14.0. The lowest BCUT2D eigenvalue weighted by Gasteiger charge is -2.41. The molecule has 3 atom stereocenters. The van der Waals surface area contributed by atoms with E-state index in [1.807, 2.05) is 30.3 Å². The molecule has 1 aliphatic carbocycles. The predicted octanol–water partition coefficient (Wildman–Crippen LogP) is 6.12. The van der Waals surface area contributed by atoms with Gasteiger partial charge in [-0.25, -0.2) is 4.79 Å². The van der Waals surface area contributed by atoms with Crippen LogP contribution in [0.15, 0.2) is 72.8 Å². The molecule has 3 aliphatic rings. The lowest BCUT2D eigenvalue weighted by atomic mass is 9.80. The van der Waals surface area contributed by atoms with Gasteiger partial charge in [0.25, 0.3) is 0 Å².